The SMILES string of the molecule is Cc1cnc(C)c(-c2ccc(F)c3c2O[C@H](CNC(=O)[C@H]2CCCCN2C)C3)n1. The molecule has 2 aromatic rings. The van der Waals surface area contributed by atoms with Crippen LogP contribution in [0, 0.1) is 19.7 Å². The monoisotopic (exact) mass is 398 g/mol. The fraction of sp³-hybridized carbons (Fsp3) is 0.500. The Balaban J connectivity index is 1.50. The summed E-state index contributed by atoms with van der Waals surface area (Å²) in [5.41, 5.74) is 3.55. The highest BCUT2D eigenvalue weighted by Gasteiger charge is 2.31. The number of nitrogens with zero attached hydrogens (tertiary/aromatic N) is 3. The van der Waals surface area contributed by atoms with Crippen molar-refractivity contribution in [2.45, 2.75) is 51.7 Å². The average molecular weight is 398 g/mol. The summed E-state index contributed by atoms with van der Waals surface area (Å²) in [6.45, 7) is 5.05. The van der Waals surface area contributed by atoms with Crippen LogP contribution in [0.15, 0.2) is 18.3 Å². The number of halogens is 1. The number of likely N-dealkylation sites (N-methyl/N-ethyl adjacent to an activating group) is 1. The Morgan fingerprint density at radius 3 is 2.97 bits per heavy atom. The topological polar surface area (TPSA) is 67.3 Å². The van der Waals surface area contributed by atoms with Gasteiger partial charge < -0.3 is 10.1 Å². The van der Waals surface area contributed by atoms with Crippen molar-refractivity contribution in [1.82, 2.24) is 20.2 Å². The van der Waals surface area contributed by atoms with E-state index >= 15 is 0 Å². The van der Waals surface area contributed by atoms with Crippen molar-refractivity contribution in [2.75, 3.05) is 20.1 Å². The van der Waals surface area contributed by atoms with Crippen molar-refractivity contribution in [3.8, 4) is 17.0 Å². The molecule has 6 nitrogen and oxygen atoms in total. The maximum Gasteiger partial charge on any atom is 0.237 e. The zero-order chi connectivity index (χ0) is 20.5. The summed E-state index contributed by atoms with van der Waals surface area (Å²) in [6, 6.07) is 3.06. The van der Waals surface area contributed by atoms with Gasteiger partial charge in [0.2, 0.25) is 5.91 Å². The quantitative estimate of drug-likeness (QED) is 0.858. The molecule has 1 amide bonds. The fourth-order valence-corrected chi connectivity index (χ4v) is 4.20. The summed E-state index contributed by atoms with van der Waals surface area (Å²) < 4.78 is 20.6. The number of carbonyl (C=O) groups excluding carboxylic acids is 1. The molecule has 2 atom stereocenters. The lowest BCUT2D eigenvalue weighted by Gasteiger charge is -2.31. The van der Waals surface area contributed by atoms with E-state index in [0.29, 0.717) is 30.0 Å². The molecule has 3 heterocycles. The van der Waals surface area contributed by atoms with E-state index < -0.39 is 0 Å². The molecule has 1 aromatic heterocycles. The van der Waals surface area contributed by atoms with Crippen LogP contribution in [-0.4, -0.2) is 53.1 Å². The van der Waals surface area contributed by atoms with Gasteiger partial charge in [-0.2, -0.15) is 0 Å². The van der Waals surface area contributed by atoms with Crippen molar-refractivity contribution in [2.24, 2.45) is 0 Å². The number of aryl methyl sites for hydroxylation is 2. The van der Waals surface area contributed by atoms with Gasteiger partial charge in [-0.05, 0) is 52.4 Å². The van der Waals surface area contributed by atoms with Crippen LogP contribution in [0.2, 0.25) is 0 Å². The lowest BCUT2D eigenvalue weighted by Crippen LogP contribution is -2.49. The Hall–Kier alpha value is -2.54. The molecule has 1 N–H and O–H groups in total. The molecular weight excluding hydrogens is 371 g/mol. The van der Waals surface area contributed by atoms with Gasteiger partial charge in [0.15, 0.2) is 0 Å². The average Bonchev–Trinajstić information content (AvgIpc) is 3.14. The number of rotatable bonds is 4. The second-order valence-electron chi connectivity index (χ2n) is 8.03. The normalized spacial score (nSPS) is 21.5. The Labute approximate surface area is 170 Å². The van der Waals surface area contributed by atoms with Crippen LogP contribution in [0.4, 0.5) is 4.39 Å². The van der Waals surface area contributed by atoms with E-state index in [0.717, 1.165) is 42.8 Å². The van der Waals surface area contributed by atoms with Gasteiger partial charge >= 0.3 is 0 Å². The van der Waals surface area contributed by atoms with Gasteiger partial charge in [0.05, 0.1) is 29.7 Å². The molecule has 1 aromatic carbocycles. The van der Waals surface area contributed by atoms with Gasteiger partial charge in [0.1, 0.15) is 17.7 Å². The minimum atomic E-state index is -0.295. The van der Waals surface area contributed by atoms with Crippen LogP contribution >= 0.6 is 0 Å². The minimum absolute atomic E-state index is 0.0212. The summed E-state index contributed by atoms with van der Waals surface area (Å²) in [6.07, 6.45) is 4.91. The molecule has 0 bridgehead atoms. The first kappa shape index (κ1) is 19.8. The van der Waals surface area contributed by atoms with Crippen LogP contribution in [0.1, 0.15) is 36.2 Å². The molecule has 29 heavy (non-hydrogen) atoms. The fourth-order valence-electron chi connectivity index (χ4n) is 4.20. The smallest absolute Gasteiger partial charge is 0.237 e. The molecule has 1 saturated heterocycles. The summed E-state index contributed by atoms with van der Waals surface area (Å²) in [5, 5.41) is 3.00. The lowest BCUT2D eigenvalue weighted by molar-refractivity contribution is -0.127. The molecule has 0 spiro atoms. The van der Waals surface area contributed by atoms with Crippen molar-refractivity contribution in [1.29, 1.82) is 0 Å². The van der Waals surface area contributed by atoms with Gasteiger partial charge in [0.25, 0.3) is 0 Å². The van der Waals surface area contributed by atoms with Gasteiger partial charge in [0, 0.05) is 23.7 Å². The zero-order valence-corrected chi connectivity index (χ0v) is 17.2. The molecule has 0 saturated carbocycles. The molecule has 2 aliphatic heterocycles. The second-order valence-corrected chi connectivity index (χ2v) is 8.03. The molecule has 1 fully saturated rings. The van der Waals surface area contributed by atoms with Gasteiger partial charge in [-0.3, -0.25) is 14.7 Å². The first-order valence-corrected chi connectivity index (χ1v) is 10.2. The van der Waals surface area contributed by atoms with E-state index in [1.54, 1.807) is 12.3 Å². The Morgan fingerprint density at radius 2 is 2.17 bits per heavy atom. The maximum absolute atomic E-state index is 14.5. The third-order valence-corrected chi connectivity index (χ3v) is 5.83. The molecular formula is C22H27FN4O2. The number of carbonyl (C=O) groups is 1. The van der Waals surface area contributed by atoms with E-state index in [-0.39, 0.29) is 23.9 Å². The summed E-state index contributed by atoms with van der Waals surface area (Å²) >= 11 is 0. The lowest BCUT2D eigenvalue weighted by atomic mass is 10.0. The van der Waals surface area contributed by atoms with Crippen LogP contribution < -0.4 is 10.1 Å². The van der Waals surface area contributed by atoms with Crippen molar-refractivity contribution in [3.05, 3.63) is 41.1 Å². The highest BCUT2D eigenvalue weighted by atomic mass is 19.1. The highest BCUT2D eigenvalue weighted by molar-refractivity contribution is 5.81. The third-order valence-electron chi connectivity index (χ3n) is 5.83. The number of piperidine rings is 1. The predicted octanol–water partition coefficient (Wildman–Crippen LogP) is 2.80. The predicted molar refractivity (Wildman–Crippen MR) is 108 cm³/mol. The molecule has 7 heteroatoms. The molecule has 0 unspecified atom stereocenters. The molecule has 0 aliphatic carbocycles. The standard InChI is InChI=1S/C22H27FN4O2/c1-13-11-24-14(2)20(26-13)16-7-8-18(23)17-10-15(29-21(16)17)12-25-22(28)19-6-4-5-9-27(19)3/h7-8,11,15,19H,4-6,9-10,12H2,1-3H3,(H,25,28)/t15-,19+/m0/s1. The van der Waals surface area contributed by atoms with Gasteiger partial charge in [-0.15, -0.1) is 0 Å². The number of hydrogen-bond donors (Lipinski definition) is 1. The van der Waals surface area contributed by atoms with E-state index in [1.807, 2.05) is 20.9 Å². The minimum Gasteiger partial charge on any atom is -0.487 e. The first-order valence-electron chi connectivity index (χ1n) is 10.2. The van der Waals surface area contributed by atoms with Crippen molar-refractivity contribution in [3.63, 3.8) is 0 Å². The highest BCUT2D eigenvalue weighted by Crippen LogP contribution is 2.40. The number of likely N-dealkylation sites (tertiary alicyclic amines) is 1. The van der Waals surface area contributed by atoms with Crippen LogP contribution in [0.3, 0.4) is 0 Å². The van der Waals surface area contributed by atoms with Crippen LogP contribution in [0.5, 0.6) is 5.75 Å². The molecule has 4 rings (SSSR count). The van der Waals surface area contributed by atoms with Crippen LogP contribution in [0.25, 0.3) is 11.3 Å². The molecule has 154 valence electrons. The Morgan fingerprint density at radius 1 is 1.34 bits per heavy atom. The molecule has 2 aliphatic rings. The first-order chi connectivity index (χ1) is 13.9. The number of benzene rings is 1. The number of ether oxygens (including phenoxy) is 1. The summed E-state index contributed by atoms with van der Waals surface area (Å²) in [7, 11) is 1.98. The van der Waals surface area contributed by atoms with E-state index in [2.05, 4.69) is 20.2 Å². The van der Waals surface area contributed by atoms with Crippen LogP contribution in [-0.2, 0) is 11.2 Å². The van der Waals surface area contributed by atoms with Gasteiger partial charge in [-0.1, -0.05) is 6.42 Å². The Bertz CT molecular complexity index is 933. The number of amides is 1. The number of fused-ring (bicyclic) bond motifs is 1. The van der Waals surface area contributed by atoms with Gasteiger partial charge in [-0.25, -0.2) is 9.37 Å². The number of nitrogens with one attached hydrogen (secondary N) is 1. The summed E-state index contributed by atoms with van der Waals surface area (Å²) in [5.74, 6) is 0.248. The van der Waals surface area contributed by atoms with E-state index in [1.165, 1.54) is 6.07 Å². The Kier molecular flexibility index (Phi) is 5.50. The molecule has 0 radical (unpaired) electrons. The third kappa shape index (κ3) is 3.96. The largest absolute Gasteiger partial charge is 0.487 e. The number of hydrogen-bond acceptors (Lipinski definition) is 5. The maximum atomic E-state index is 14.5. The second kappa shape index (κ2) is 8.06. The number of aromatic nitrogens is 2. The summed E-state index contributed by atoms with van der Waals surface area (Å²) in [4.78, 5) is 23.6. The van der Waals surface area contributed by atoms with Crippen molar-refractivity contribution >= 4 is 5.91 Å². The van der Waals surface area contributed by atoms with Crippen molar-refractivity contribution < 1.29 is 13.9 Å². The van der Waals surface area contributed by atoms with E-state index in [4.69, 9.17) is 4.74 Å². The zero-order valence-electron chi connectivity index (χ0n) is 17.2. The van der Waals surface area contributed by atoms with E-state index in [9.17, 15) is 9.18 Å².